The Hall–Kier alpha value is -2.45. The van der Waals surface area contributed by atoms with Crippen molar-refractivity contribution in [2.45, 2.75) is 13.5 Å². The molecule has 1 rings (SSSR count). The van der Waals surface area contributed by atoms with E-state index in [0.29, 0.717) is 22.0 Å². The maximum absolute atomic E-state index is 11.2. The van der Waals surface area contributed by atoms with Crippen molar-refractivity contribution < 1.29 is 9.53 Å². The minimum atomic E-state index is -0.574. The van der Waals surface area contributed by atoms with Crippen molar-refractivity contribution in [3.05, 3.63) is 28.8 Å². The molecule has 0 spiro atoms. The van der Waals surface area contributed by atoms with Crippen LogP contribution in [0.3, 0.4) is 0 Å². The van der Waals surface area contributed by atoms with Gasteiger partial charge in [-0.05, 0) is 25.8 Å². The van der Waals surface area contributed by atoms with Crippen LogP contribution in [0.5, 0.6) is 0 Å². The molecule has 6 N–H and O–H groups in total. The predicted octanol–water partition coefficient (Wildman–Crippen LogP) is 2.19. The zero-order valence-corrected chi connectivity index (χ0v) is 13.1. The summed E-state index contributed by atoms with van der Waals surface area (Å²) >= 11 is 6.07. The van der Waals surface area contributed by atoms with E-state index in [2.05, 4.69) is 17.0 Å². The van der Waals surface area contributed by atoms with Gasteiger partial charge in [-0.2, -0.15) is 0 Å². The standard InChI is InChI=1S/C12H16ClN5O2.CH3N/c1-7(16-2)11(14)20-6-8-9(13)4-3-5-10(8)17-12(19)18-15;1-2/h3-5,14H,6,15H2,1-2H3,(H2,17,18,19);2H,1H2. The Labute approximate surface area is 133 Å². The van der Waals surface area contributed by atoms with E-state index in [0.717, 1.165) is 0 Å². The largest absolute Gasteiger partial charge is 0.472 e. The second-order valence-corrected chi connectivity index (χ2v) is 4.20. The van der Waals surface area contributed by atoms with Crippen LogP contribution in [-0.4, -0.2) is 31.4 Å². The number of nitrogens with two attached hydrogens (primary N) is 1. The maximum atomic E-state index is 11.2. The van der Waals surface area contributed by atoms with Crippen molar-refractivity contribution in [2.75, 3.05) is 12.4 Å². The molecule has 0 bridgehead atoms. The third-order valence-electron chi connectivity index (χ3n) is 2.52. The Balaban J connectivity index is 0.00000211. The Morgan fingerprint density at radius 1 is 1.50 bits per heavy atom. The van der Waals surface area contributed by atoms with Crippen LogP contribution in [0.15, 0.2) is 23.2 Å². The number of carbonyl (C=O) groups excluding carboxylic acids is 1. The average molecular weight is 327 g/mol. The van der Waals surface area contributed by atoms with Crippen LogP contribution in [-0.2, 0) is 11.3 Å². The highest BCUT2D eigenvalue weighted by Gasteiger charge is 2.11. The molecule has 22 heavy (non-hydrogen) atoms. The number of rotatable bonds is 4. The summed E-state index contributed by atoms with van der Waals surface area (Å²) in [6.45, 7) is 4.20. The Kier molecular flexibility index (Phi) is 9.15. The molecule has 0 fully saturated rings. The van der Waals surface area contributed by atoms with E-state index in [9.17, 15) is 4.79 Å². The lowest BCUT2D eigenvalue weighted by Gasteiger charge is -2.13. The molecule has 0 unspecified atom stereocenters. The van der Waals surface area contributed by atoms with E-state index in [-0.39, 0.29) is 12.5 Å². The first-order valence-corrected chi connectivity index (χ1v) is 6.42. The van der Waals surface area contributed by atoms with Crippen molar-refractivity contribution in [2.24, 2.45) is 10.8 Å². The fraction of sp³-hybridized carbons (Fsp3) is 0.231. The van der Waals surface area contributed by atoms with E-state index >= 15 is 0 Å². The van der Waals surface area contributed by atoms with Gasteiger partial charge in [0.2, 0.25) is 5.90 Å². The first kappa shape index (κ1) is 19.6. The lowest BCUT2D eigenvalue weighted by atomic mass is 10.2. The molecule has 8 nitrogen and oxygen atoms in total. The second kappa shape index (κ2) is 10.3. The number of ether oxygens (including phenoxy) is 1. The summed E-state index contributed by atoms with van der Waals surface area (Å²) in [5.41, 5.74) is 3.43. The summed E-state index contributed by atoms with van der Waals surface area (Å²) in [4.78, 5) is 15.1. The summed E-state index contributed by atoms with van der Waals surface area (Å²) in [7, 11) is 1.57. The van der Waals surface area contributed by atoms with Crippen molar-refractivity contribution in [1.82, 2.24) is 5.43 Å². The van der Waals surface area contributed by atoms with Gasteiger partial charge in [-0.3, -0.25) is 15.8 Å². The number of halogens is 1. The molecule has 0 atom stereocenters. The lowest BCUT2D eigenvalue weighted by molar-refractivity contribution is 0.252. The highest BCUT2D eigenvalue weighted by Crippen LogP contribution is 2.25. The number of carbonyl (C=O) groups is 1. The van der Waals surface area contributed by atoms with Crippen LogP contribution in [0.1, 0.15) is 12.5 Å². The quantitative estimate of drug-likeness (QED) is 0.191. The van der Waals surface area contributed by atoms with Crippen molar-refractivity contribution in [1.29, 1.82) is 10.8 Å². The van der Waals surface area contributed by atoms with E-state index < -0.39 is 6.03 Å². The monoisotopic (exact) mass is 326 g/mol. The number of amides is 2. The Bertz CT molecular complexity index is 561. The molecule has 1 aromatic carbocycles. The SMILES string of the molecule is C=N.CN=C(C)C(=N)OCc1c(Cl)cccc1NC(=O)NN. The van der Waals surface area contributed by atoms with Crippen LogP contribution >= 0.6 is 11.6 Å². The number of nitrogens with one attached hydrogen (secondary N) is 4. The highest BCUT2D eigenvalue weighted by molar-refractivity contribution is 6.36. The average Bonchev–Trinajstić information content (AvgIpc) is 2.54. The third-order valence-corrected chi connectivity index (χ3v) is 2.88. The van der Waals surface area contributed by atoms with Gasteiger partial charge >= 0.3 is 6.03 Å². The minimum Gasteiger partial charge on any atom is -0.472 e. The van der Waals surface area contributed by atoms with Crippen LogP contribution in [0.4, 0.5) is 10.5 Å². The molecule has 2 amide bonds. The molecule has 0 aliphatic heterocycles. The van der Waals surface area contributed by atoms with Gasteiger partial charge in [-0.25, -0.2) is 10.6 Å². The van der Waals surface area contributed by atoms with Gasteiger partial charge < -0.3 is 15.5 Å². The summed E-state index contributed by atoms with van der Waals surface area (Å²) < 4.78 is 5.28. The molecule has 0 aliphatic carbocycles. The van der Waals surface area contributed by atoms with Crippen LogP contribution in [0.2, 0.25) is 5.02 Å². The van der Waals surface area contributed by atoms with Gasteiger partial charge in [-0.15, -0.1) is 0 Å². The Morgan fingerprint density at radius 3 is 2.68 bits per heavy atom. The van der Waals surface area contributed by atoms with E-state index in [1.54, 1.807) is 32.2 Å². The summed E-state index contributed by atoms with van der Waals surface area (Å²) in [5, 5.41) is 16.1. The molecule has 0 aliphatic rings. The van der Waals surface area contributed by atoms with Gasteiger partial charge in [0.15, 0.2) is 0 Å². The first-order chi connectivity index (χ1) is 10.5. The number of anilines is 1. The van der Waals surface area contributed by atoms with Crippen LogP contribution < -0.4 is 16.6 Å². The molecular formula is C13H19ClN6O2. The van der Waals surface area contributed by atoms with Crippen LogP contribution in [0, 0.1) is 10.8 Å². The molecule has 1 aromatic rings. The van der Waals surface area contributed by atoms with Crippen molar-refractivity contribution >= 4 is 41.6 Å². The minimum absolute atomic E-state index is 0.0333. The molecular weight excluding hydrogens is 308 g/mol. The molecule has 0 radical (unpaired) electrons. The maximum Gasteiger partial charge on any atom is 0.333 e. The summed E-state index contributed by atoms with van der Waals surface area (Å²) in [6.07, 6.45) is 0. The zero-order valence-electron chi connectivity index (χ0n) is 12.4. The molecule has 120 valence electrons. The summed E-state index contributed by atoms with van der Waals surface area (Å²) in [6, 6.07) is 4.43. The van der Waals surface area contributed by atoms with E-state index in [1.807, 2.05) is 5.43 Å². The third kappa shape index (κ3) is 5.90. The fourth-order valence-electron chi connectivity index (χ4n) is 1.33. The van der Waals surface area contributed by atoms with E-state index in [4.69, 9.17) is 33.0 Å². The zero-order chi connectivity index (χ0) is 17.1. The molecule has 0 saturated carbocycles. The lowest BCUT2D eigenvalue weighted by Crippen LogP contribution is -2.34. The van der Waals surface area contributed by atoms with Crippen LogP contribution in [0.25, 0.3) is 0 Å². The number of hydrogen-bond acceptors (Lipinski definition) is 6. The number of hydrazine groups is 1. The molecule has 0 aromatic heterocycles. The normalized spacial score (nSPS) is 10.1. The van der Waals surface area contributed by atoms with Gasteiger partial charge in [0.1, 0.15) is 6.61 Å². The number of aliphatic imine (C=N–C) groups is 1. The predicted molar refractivity (Wildman–Crippen MR) is 89.2 cm³/mol. The summed E-state index contributed by atoms with van der Waals surface area (Å²) in [5.74, 6) is 4.96. The van der Waals surface area contributed by atoms with Gasteiger partial charge in [0, 0.05) is 17.6 Å². The van der Waals surface area contributed by atoms with Crippen molar-refractivity contribution in [3.8, 4) is 0 Å². The van der Waals surface area contributed by atoms with Crippen molar-refractivity contribution in [3.63, 3.8) is 0 Å². The van der Waals surface area contributed by atoms with E-state index in [1.165, 1.54) is 0 Å². The number of nitrogens with zero attached hydrogens (tertiary/aromatic N) is 1. The number of urea groups is 1. The smallest absolute Gasteiger partial charge is 0.333 e. The van der Waals surface area contributed by atoms with Gasteiger partial charge in [-0.1, -0.05) is 17.7 Å². The molecule has 0 saturated heterocycles. The topological polar surface area (TPSA) is 136 Å². The molecule has 0 heterocycles. The highest BCUT2D eigenvalue weighted by atomic mass is 35.5. The van der Waals surface area contributed by atoms with Gasteiger partial charge in [0.25, 0.3) is 0 Å². The first-order valence-electron chi connectivity index (χ1n) is 6.05. The second-order valence-electron chi connectivity index (χ2n) is 3.79. The number of hydrogen-bond donors (Lipinski definition) is 5. The van der Waals surface area contributed by atoms with Gasteiger partial charge in [0.05, 0.1) is 11.4 Å². The number of benzene rings is 1. The fourth-order valence-corrected chi connectivity index (χ4v) is 1.56. The Morgan fingerprint density at radius 2 is 2.14 bits per heavy atom. The molecule has 9 heteroatoms.